The van der Waals surface area contributed by atoms with Gasteiger partial charge in [-0.3, -0.25) is 0 Å². The number of unbranched alkanes of at least 4 members (excludes halogenated alkanes) is 2. The molecule has 0 atom stereocenters. The van der Waals surface area contributed by atoms with Gasteiger partial charge < -0.3 is 14.3 Å². The molecule has 1 rings (SSSR count). The number of aryl methyl sites for hydroxylation is 2. The van der Waals surface area contributed by atoms with E-state index in [4.69, 9.17) is 9.47 Å². The molecule has 26 heavy (non-hydrogen) atoms. The normalized spacial score (nSPS) is 11.8. The Morgan fingerprint density at radius 3 is 2.54 bits per heavy atom. The molecule has 6 heteroatoms. The number of hydrogen-bond acceptors (Lipinski definition) is 5. The Morgan fingerprint density at radius 1 is 1.15 bits per heavy atom. The molecule has 0 saturated heterocycles. The molecule has 0 radical (unpaired) electrons. The highest BCUT2D eigenvalue weighted by molar-refractivity contribution is 7.99. The second-order valence-electron chi connectivity index (χ2n) is 5.88. The van der Waals surface area contributed by atoms with Crippen molar-refractivity contribution in [3.05, 3.63) is 35.4 Å². The molecule has 0 fully saturated rings. The van der Waals surface area contributed by atoms with Crippen LogP contribution in [0.25, 0.3) is 0 Å². The van der Waals surface area contributed by atoms with Crippen LogP contribution in [0.15, 0.2) is 29.4 Å². The van der Waals surface area contributed by atoms with E-state index in [0.29, 0.717) is 13.2 Å². The van der Waals surface area contributed by atoms with Crippen LogP contribution in [-0.2, 0) is 4.84 Å². The summed E-state index contributed by atoms with van der Waals surface area (Å²) in [5, 5.41) is 3.25. The fourth-order valence-electron chi connectivity index (χ4n) is 2.40. The summed E-state index contributed by atoms with van der Waals surface area (Å²) < 4.78 is 24.6. The first-order valence-corrected chi connectivity index (χ1v) is 10.0. The van der Waals surface area contributed by atoms with Crippen molar-refractivity contribution in [2.75, 3.05) is 31.8 Å². The molecule has 0 amide bonds. The molecule has 0 aromatic heterocycles. The topological polar surface area (TPSA) is 40.0 Å². The zero-order valence-electron chi connectivity index (χ0n) is 16.2. The minimum Gasteiger partial charge on any atom is -0.493 e. The molecule has 0 spiro atoms. The van der Waals surface area contributed by atoms with Crippen LogP contribution in [0, 0.1) is 13.8 Å². The van der Waals surface area contributed by atoms with Gasteiger partial charge in [0, 0.05) is 0 Å². The van der Waals surface area contributed by atoms with Crippen LogP contribution in [0.1, 0.15) is 37.3 Å². The van der Waals surface area contributed by atoms with Gasteiger partial charge in [0.25, 0.3) is 0 Å². The molecule has 0 aliphatic heterocycles. The van der Waals surface area contributed by atoms with Gasteiger partial charge >= 0.3 is 0 Å². The number of hydrogen-bond donors (Lipinski definition) is 0. The van der Waals surface area contributed by atoms with Gasteiger partial charge in [-0.25, -0.2) is 0 Å². The first-order chi connectivity index (χ1) is 12.6. The molecule has 0 N–H and O–H groups in total. The van der Waals surface area contributed by atoms with E-state index in [1.54, 1.807) is 0 Å². The van der Waals surface area contributed by atoms with E-state index >= 15 is 0 Å². The Kier molecular flexibility index (Phi) is 11.6. The van der Waals surface area contributed by atoms with Crippen molar-refractivity contribution >= 4 is 17.7 Å². The molecular weight excluding hydrogens is 353 g/mol. The lowest BCUT2D eigenvalue weighted by Crippen LogP contribution is -2.02. The molecule has 1 aromatic rings. The molecule has 1 aromatic carbocycles. The lowest BCUT2D eigenvalue weighted by Gasteiger charge is -2.14. The van der Waals surface area contributed by atoms with Crippen LogP contribution >= 0.6 is 11.8 Å². The van der Waals surface area contributed by atoms with Gasteiger partial charge in [-0.1, -0.05) is 17.3 Å². The number of rotatable bonds is 13. The number of thioether (sulfide) groups is 1. The molecule has 0 saturated carbocycles. The van der Waals surface area contributed by atoms with Crippen molar-refractivity contribution in [2.24, 2.45) is 5.16 Å². The summed E-state index contributed by atoms with van der Waals surface area (Å²) in [4.78, 5) is 4.38. The Morgan fingerprint density at radius 2 is 1.88 bits per heavy atom. The van der Waals surface area contributed by atoms with Crippen LogP contribution in [0.5, 0.6) is 11.5 Å². The largest absolute Gasteiger partial charge is 0.493 e. The Labute approximate surface area is 160 Å². The van der Waals surface area contributed by atoms with Crippen molar-refractivity contribution in [1.82, 2.24) is 0 Å². The number of benzene rings is 1. The van der Waals surface area contributed by atoms with Crippen LogP contribution in [0.4, 0.5) is 4.39 Å². The molecule has 146 valence electrons. The first kappa shape index (κ1) is 22.4. The van der Waals surface area contributed by atoms with Crippen LogP contribution in [0.3, 0.4) is 0 Å². The molecular formula is C20H30FNO3S. The van der Waals surface area contributed by atoms with Crippen molar-refractivity contribution in [2.45, 2.75) is 40.0 Å². The van der Waals surface area contributed by atoms with Crippen LogP contribution < -0.4 is 9.47 Å². The van der Waals surface area contributed by atoms with Gasteiger partial charge in [-0.2, -0.15) is 16.2 Å². The van der Waals surface area contributed by atoms with Crippen molar-refractivity contribution < 1.29 is 18.7 Å². The van der Waals surface area contributed by atoms with Gasteiger partial charge in [0.05, 0.1) is 12.4 Å². The Hall–Kier alpha value is -1.69. The van der Waals surface area contributed by atoms with E-state index in [1.165, 1.54) is 18.9 Å². The van der Waals surface area contributed by atoms with E-state index in [-0.39, 0.29) is 5.75 Å². The first-order valence-electron chi connectivity index (χ1n) is 8.89. The summed E-state index contributed by atoms with van der Waals surface area (Å²) in [5.41, 5.74) is 2.17. The second-order valence-corrected chi connectivity index (χ2v) is 6.98. The number of ether oxygens (including phenoxy) is 2. The molecule has 0 aliphatic carbocycles. The summed E-state index contributed by atoms with van der Waals surface area (Å²) in [5.74, 6) is 2.51. The quantitative estimate of drug-likeness (QED) is 0.196. The molecule has 0 bridgehead atoms. The maximum absolute atomic E-state index is 13.0. The monoisotopic (exact) mass is 383 g/mol. The van der Waals surface area contributed by atoms with Crippen molar-refractivity contribution in [1.29, 1.82) is 0 Å². The molecule has 0 aliphatic rings. The average molecular weight is 384 g/mol. The summed E-state index contributed by atoms with van der Waals surface area (Å²) in [6, 6.07) is 4.02. The van der Waals surface area contributed by atoms with Gasteiger partial charge in [0.1, 0.15) is 25.2 Å². The maximum atomic E-state index is 13.0. The predicted octanol–water partition coefficient (Wildman–Crippen LogP) is 5.47. The number of nitrogens with zero attached hydrogens (tertiary/aromatic N) is 1. The Balaban J connectivity index is 2.25. The Bertz CT molecular complexity index is 567. The summed E-state index contributed by atoms with van der Waals surface area (Å²) in [6.45, 7) is 7.32. The second kappa shape index (κ2) is 13.5. The summed E-state index contributed by atoms with van der Waals surface area (Å²) in [7, 11) is 1.35. The molecule has 0 unspecified atom stereocenters. The summed E-state index contributed by atoms with van der Waals surface area (Å²) >= 11 is 1.52. The minimum atomic E-state index is -0.468. The van der Waals surface area contributed by atoms with E-state index in [0.717, 1.165) is 47.6 Å². The highest BCUT2D eigenvalue weighted by atomic mass is 32.2. The highest BCUT2D eigenvalue weighted by Crippen LogP contribution is 2.28. The smallest absolute Gasteiger partial charge is 0.236 e. The number of oxime groups is 1. The third-order valence-electron chi connectivity index (χ3n) is 3.61. The van der Waals surface area contributed by atoms with Crippen molar-refractivity contribution in [3.63, 3.8) is 0 Å². The third kappa shape index (κ3) is 9.13. The lowest BCUT2D eigenvalue weighted by atomic mass is 10.1. The van der Waals surface area contributed by atoms with E-state index in [2.05, 4.69) is 9.99 Å². The lowest BCUT2D eigenvalue weighted by molar-refractivity contribution is 0.209. The third-order valence-corrected chi connectivity index (χ3v) is 4.63. The number of allylic oxidation sites excluding steroid dienone is 1. The SMILES string of the molecule is C/C=C/COc1cc(C)c(OCCCCCSC/C(F)=N/OC)c(C)c1. The van der Waals surface area contributed by atoms with E-state index < -0.39 is 5.97 Å². The predicted molar refractivity (Wildman–Crippen MR) is 108 cm³/mol. The molecule has 4 nitrogen and oxygen atoms in total. The average Bonchev–Trinajstić information content (AvgIpc) is 2.59. The van der Waals surface area contributed by atoms with Gasteiger partial charge in [0.2, 0.25) is 5.97 Å². The van der Waals surface area contributed by atoms with Gasteiger partial charge in [0.15, 0.2) is 0 Å². The van der Waals surface area contributed by atoms with Crippen molar-refractivity contribution in [3.8, 4) is 11.5 Å². The van der Waals surface area contributed by atoms with Gasteiger partial charge in [-0.15, -0.1) is 0 Å². The van der Waals surface area contributed by atoms with Crippen LogP contribution in [0.2, 0.25) is 0 Å². The highest BCUT2D eigenvalue weighted by Gasteiger charge is 2.07. The zero-order valence-corrected chi connectivity index (χ0v) is 17.0. The standard InChI is InChI=1S/C20H30FNO3S/c1-5-6-10-24-18-13-16(2)20(17(3)14-18)25-11-8-7-9-12-26-15-19(21)22-23-4/h5-6,13-14H,7-12,15H2,1-4H3/b6-5+,22-19-. The minimum absolute atomic E-state index is 0.269. The fraction of sp³-hybridized carbons (Fsp3) is 0.550. The number of halogens is 1. The van der Waals surface area contributed by atoms with E-state index in [1.807, 2.05) is 45.1 Å². The molecule has 0 heterocycles. The summed E-state index contributed by atoms with van der Waals surface area (Å²) in [6.07, 6.45) is 7.02. The van der Waals surface area contributed by atoms with Gasteiger partial charge in [-0.05, 0) is 69.0 Å². The van der Waals surface area contributed by atoms with Crippen LogP contribution in [-0.4, -0.2) is 37.8 Å². The van der Waals surface area contributed by atoms with E-state index in [9.17, 15) is 4.39 Å². The fourth-order valence-corrected chi connectivity index (χ4v) is 3.17. The zero-order chi connectivity index (χ0) is 19.2. The maximum Gasteiger partial charge on any atom is 0.236 e.